The molecule has 0 fully saturated rings. The lowest BCUT2D eigenvalue weighted by Gasteiger charge is -2.05. The molecule has 1 aromatic heterocycles. The third kappa shape index (κ3) is 2.79. The van der Waals surface area contributed by atoms with E-state index in [1.807, 2.05) is 0 Å². The Morgan fingerprint density at radius 3 is 2.88 bits per heavy atom. The summed E-state index contributed by atoms with van der Waals surface area (Å²) >= 11 is 5.91. The molecule has 2 rings (SSSR count). The fourth-order valence-electron chi connectivity index (χ4n) is 1.74. The Morgan fingerprint density at radius 1 is 1.41 bits per heavy atom. The summed E-state index contributed by atoms with van der Waals surface area (Å²) in [7, 11) is 0. The molecule has 0 amide bonds. The lowest BCUT2D eigenvalue weighted by atomic mass is 10.1. The summed E-state index contributed by atoms with van der Waals surface area (Å²) in [5.41, 5.74) is 1.48. The van der Waals surface area contributed by atoms with Crippen LogP contribution in [0.1, 0.15) is 19.4 Å². The Hall–Kier alpha value is -1.06. The number of hydrogen-bond acceptors (Lipinski definition) is 2. The Bertz CT molecular complexity index is 521. The Labute approximate surface area is 105 Å². The minimum Gasteiger partial charge on any atom is -0.462 e. The standard InChI is InChI=1S/C13H15ClFNO/c1-8(2)5-16-6-9-7-17-13-11(9)3-10(15)4-12(13)14/h3-4,7-8,16H,5-6H2,1-2H3. The van der Waals surface area contributed by atoms with Crippen LogP contribution in [0.15, 0.2) is 22.8 Å². The van der Waals surface area contributed by atoms with Gasteiger partial charge >= 0.3 is 0 Å². The van der Waals surface area contributed by atoms with Crippen LogP contribution in [-0.4, -0.2) is 6.54 Å². The summed E-state index contributed by atoms with van der Waals surface area (Å²) in [6.45, 7) is 5.84. The maximum absolute atomic E-state index is 13.3. The van der Waals surface area contributed by atoms with Crippen LogP contribution in [0.2, 0.25) is 5.02 Å². The molecule has 1 aromatic carbocycles. The van der Waals surface area contributed by atoms with E-state index in [2.05, 4.69) is 19.2 Å². The van der Waals surface area contributed by atoms with Crippen LogP contribution in [0.5, 0.6) is 0 Å². The van der Waals surface area contributed by atoms with Gasteiger partial charge in [-0.1, -0.05) is 25.4 Å². The molecule has 17 heavy (non-hydrogen) atoms. The van der Waals surface area contributed by atoms with Gasteiger partial charge in [0, 0.05) is 17.5 Å². The molecule has 0 radical (unpaired) electrons. The molecule has 4 heteroatoms. The van der Waals surface area contributed by atoms with Gasteiger partial charge < -0.3 is 9.73 Å². The third-order valence-electron chi connectivity index (χ3n) is 2.54. The van der Waals surface area contributed by atoms with Crippen molar-refractivity contribution in [1.82, 2.24) is 5.32 Å². The van der Waals surface area contributed by atoms with E-state index in [0.717, 1.165) is 17.5 Å². The van der Waals surface area contributed by atoms with Gasteiger partial charge in [-0.2, -0.15) is 0 Å². The van der Waals surface area contributed by atoms with E-state index in [1.54, 1.807) is 6.26 Å². The zero-order chi connectivity index (χ0) is 12.4. The number of nitrogens with one attached hydrogen (secondary N) is 1. The first-order chi connectivity index (χ1) is 8.08. The molecule has 0 aliphatic carbocycles. The minimum absolute atomic E-state index is 0.315. The molecular weight excluding hydrogens is 241 g/mol. The molecule has 2 aromatic rings. The molecule has 0 saturated heterocycles. The van der Waals surface area contributed by atoms with E-state index < -0.39 is 0 Å². The second-order valence-electron chi connectivity index (χ2n) is 4.55. The minimum atomic E-state index is -0.339. The van der Waals surface area contributed by atoms with Crippen molar-refractivity contribution >= 4 is 22.6 Å². The first-order valence-electron chi connectivity index (χ1n) is 5.63. The highest BCUT2D eigenvalue weighted by atomic mass is 35.5. The molecule has 0 aliphatic heterocycles. The predicted molar refractivity (Wildman–Crippen MR) is 67.7 cm³/mol. The largest absolute Gasteiger partial charge is 0.462 e. The van der Waals surface area contributed by atoms with Crippen LogP contribution in [-0.2, 0) is 6.54 Å². The van der Waals surface area contributed by atoms with Crippen molar-refractivity contribution in [3.63, 3.8) is 0 Å². The van der Waals surface area contributed by atoms with E-state index in [1.165, 1.54) is 12.1 Å². The molecule has 1 N–H and O–H groups in total. The van der Waals surface area contributed by atoms with E-state index in [4.69, 9.17) is 16.0 Å². The first-order valence-corrected chi connectivity index (χ1v) is 6.01. The van der Waals surface area contributed by atoms with Gasteiger partial charge in [0.15, 0.2) is 5.58 Å². The van der Waals surface area contributed by atoms with Gasteiger partial charge in [-0.05, 0) is 24.6 Å². The molecule has 0 spiro atoms. The molecule has 92 valence electrons. The van der Waals surface area contributed by atoms with Crippen molar-refractivity contribution in [1.29, 1.82) is 0 Å². The summed E-state index contributed by atoms with van der Waals surface area (Å²) in [5, 5.41) is 4.35. The number of furan rings is 1. The fourth-order valence-corrected chi connectivity index (χ4v) is 2.00. The third-order valence-corrected chi connectivity index (χ3v) is 2.82. The van der Waals surface area contributed by atoms with E-state index >= 15 is 0 Å². The maximum atomic E-state index is 13.3. The van der Waals surface area contributed by atoms with Gasteiger partial charge in [0.2, 0.25) is 0 Å². The smallest absolute Gasteiger partial charge is 0.152 e. The van der Waals surface area contributed by atoms with Gasteiger partial charge in [0.1, 0.15) is 5.82 Å². The average Bonchev–Trinajstić information content (AvgIpc) is 2.61. The predicted octanol–water partition coefficient (Wildman–Crippen LogP) is 3.97. The zero-order valence-corrected chi connectivity index (χ0v) is 10.6. The van der Waals surface area contributed by atoms with Crippen LogP contribution < -0.4 is 5.32 Å². The molecule has 1 heterocycles. The Morgan fingerprint density at radius 2 is 2.18 bits per heavy atom. The highest BCUT2D eigenvalue weighted by molar-refractivity contribution is 6.34. The van der Waals surface area contributed by atoms with Crippen molar-refractivity contribution in [2.45, 2.75) is 20.4 Å². The van der Waals surface area contributed by atoms with Crippen molar-refractivity contribution in [2.75, 3.05) is 6.54 Å². The SMILES string of the molecule is CC(C)CNCc1coc2c(Cl)cc(F)cc12. The highest BCUT2D eigenvalue weighted by Crippen LogP contribution is 2.29. The molecular formula is C13H15ClFNO. The molecule has 0 aliphatic rings. The van der Waals surface area contributed by atoms with Crippen molar-refractivity contribution in [2.24, 2.45) is 5.92 Å². The Balaban J connectivity index is 2.23. The first kappa shape index (κ1) is 12.4. The second-order valence-corrected chi connectivity index (χ2v) is 4.96. The van der Waals surface area contributed by atoms with Gasteiger partial charge in [-0.25, -0.2) is 4.39 Å². The molecule has 0 atom stereocenters. The van der Waals surface area contributed by atoms with Crippen molar-refractivity contribution < 1.29 is 8.81 Å². The fraction of sp³-hybridized carbons (Fsp3) is 0.385. The van der Waals surface area contributed by atoms with E-state index in [-0.39, 0.29) is 5.82 Å². The summed E-state index contributed by atoms with van der Waals surface area (Å²) in [6, 6.07) is 2.72. The van der Waals surface area contributed by atoms with Crippen LogP contribution >= 0.6 is 11.6 Å². The lowest BCUT2D eigenvalue weighted by molar-refractivity contribution is 0.547. The summed E-state index contributed by atoms with van der Waals surface area (Å²) in [6.07, 6.45) is 1.63. The monoisotopic (exact) mass is 255 g/mol. The van der Waals surface area contributed by atoms with Crippen LogP contribution in [0.4, 0.5) is 4.39 Å². The van der Waals surface area contributed by atoms with Crippen LogP contribution in [0, 0.1) is 11.7 Å². The van der Waals surface area contributed by atoms with Crippen molar-refractivity contribution in [3.05, 3.63) is 34.8 Å². The van der Waals surface area contributed by atoms with E-state index in [0.29, 0.717) is 23.1 Å². The topological polar surface area (TPSA) is 25.2 Å². The summed E-state index contributed by atoms with van der Waals surface area (Å²) in [5.74, 6) is 0.238. The summed E-state index contributed by atoms with van der Waals surface area (Å²) in [4.78, 5) is 0. The quantitative estimate of drug-likeness (QED) is 0.894. The molecule has 2 nitrogen and oxygen atoms in total. The molecule has 0 unspecified atom stereocenters. The molecule has 0 bridgehead atoms. The lowest BCUT2D eigenvalue weighted by Crippen LogP contribution is -2.18. The number of halogens is 2. The van der Waals surface area contributed by atoms with Gasteiger partial charge in [0.05, 0.1) is 11.3 Å². The number of benzene rings is 1. The average molecular weight is 256 g/mol. The Kier molecular flexibility index (Phi) is 3.69. The normalized spacial score (nSPS) is 11.6. The second kappa shape index (κ2) is 5.07. The van der Waals surface area contributed by atoms with Crippen LogP contribution in [0.3, 0.4) is 0 Å². The van der Waals surface area contributed by atoms with Crippen molar-refractivity contribution in [3.8, 4) is 0 Å². The van der Waals surface area contributed by atoms with E-state index in [9.17, 15) is 4.39 Å². The highest BCUT2D eigenvalue weighted by Gasteiger charge is 2.10. The van der Waals surface area contributed by atoms with Gasteiger partial charge in [-0.15, -0.1) is 0 Å². The number of fused-ring (bicyclic) bond motifs is 1. The van der Waals surface area contributed by atoms with Crippen LogP contribution in [0.25, 0.3) is 11.0 Å². The number of hydrogen-bond donors (Lipinski definition) is 1. The van der Waals surface area contributed by atoms with Gasteiger partial charge in [-0.3, -0.25) is 0 Å². The molecule has 0 saturated carbocycles. The number of rotatable bonds is 4. The van der Waals surface area contributed by atoms with Gasteiger partial charge in [0.25, 0.3) is 0 Å². The maximum Gasteiger partial charge on any atom is 0.152 e. The zero-order valence-electron chi connectivity index (χ0n) is 9.89. The summed E-state index contributed by atoms with van der Waals surface area (Å²) < 4.78 is 18.6.